The lowest BCUT2D eigenvalue weighted by Gasteiger charge is -2.30. The van der Waals surface area contributed by atoms with Gasteiger partial charge in [0.2, 0.25) is 0 Å². The van der Waals surface area contributed by atoms with Crippen LogP contribution in [-0.4, -0.2) is 57.0 Å². The molecule has 11 heteroatoms. The average molecular weight is 581 g/mol. The van der Waals surface area contributed by atoms with Crippen LogP contribution < -0.4 is 15.5 Å². The number of carbonyl (C=O) groups excluding carboxylic acids is 1. The van der Waals surface area contributed by atoms with Crippen LogP contribution in [0.4, 0.5) is 11.5 Å². The Labute approximate surface area is 232 Å². The third-order valence-electron chi connectivity index (χ3n) is 6.67. The van der Waals surface area contributed by atoms with E-state index < -0.39 is 15.1 Å². The van der Waals surface area contributed by atoms with Gasteiger partial charge in [0.15, 0.2) is 9.84 Å². The lowest BCUT2D eigenvalue weighted by atomic mass is 9.91. The second-order valence-electron chi connectivity index (χ2n) is 9.76. The van der Waals surface area contributed by atoms with Crippen molar-refractivity contribution in [2.45, 2.75) is 66.0 Å². The van der Waals surface area contributed by atoms with Gasteiger partial charge in [-0.1, -0.05) is 29.8 Å². The van der Waals surface area contributed by atoms with Crippen molar-refractivity contribution in [2.24, 2.45) is 0 Å². The van der Waals surface area contributed by atoms with Crippen LogP contribution >= 0.6 is 34.7 Å². The van der Waals surface area contributed by atoms with Crippen molar-refractivity contribution in [2.75, 3.05) is 30.6 Å². The van der Waals surface area contributed by atoms with Gasteiger partial charge in [0.1, 0.15) is 15.6 Å². The molecule has 0 spiro atoms. The van der Waals surface area contributed by atoms with E-state index in [1.807, 2.05) is 32.3 Å². The van der Waals surface area contributed by atoms with E-state index in [-0.39, 0.29) is 32.8 Å². The number of pyridine rings is 1. The van der Waals surface area contributed by atoms with Gasteiger partial charge < -0.3 is 15.5 Å². The molecule has 1 fully saturated rings. The molecule has 0 atom stereocenters. The highest BCUT2D eigenvalue weighted by atomic mass is 35.5. The molecule has 200 valence electrons. The molecule has 0 unspecified atom stereocenters. The van der Waals surface area contributed by atoms with Crippen molar-refractivity contribution in [1.29, 1.82) is 0 Å². The number of para-hydroxylation sites is 1. The highest BCUT2D eigenvalue weighted by Gasteiger charge is 2.33. The summed E-state index contributed by atoms with van der Waals surface area (Å²) in [7, 11) is 0.466. The summed E-state index contributed by atoms with van der Waals surface area (Å²) in [5.74, 6) is 0.544. The molecule has 1 aliphatic carbocycles. The maximum atomic E-state index is 13.1. The fourth-order valence-corrected chi connectivity index (χ4v) is 9.09. The largest absolute Gasteiger partial charge is 0.377 e. The van der Waals surface area contributed by atoms with E-state index in [0.717, 1.165) is 59.4 Å². The van der Waals surface area contributed by atoms with E-state index in [4.69, 9.17) is 16.6 Å². The van der Waals surface area contributed by atoms with E-state index in [1.165, 1.54) is 11.8 Å². The van der Waals surface area contributed by atoms with Crippen LogP contribution in [0.2, 0.25) is 5.02 Å². The van der Waals surface area contributed by atoms with E-state index in [1.54, 1.807) is 20.1 Å². The molecule has 2 N–H and O–H groups in total. The summed E-state index contributed by atoms with van der Waals surface area (Å²) in [5, 5.41) is 7.21. The number of rotatable bonds is 8. The minimum Gasteiger partial charge on any atom is -0.377 e. The summed E-state index contributed by atoms with van der Waals surface area (Å²) < 4.78 is 26.2. The first-order valence-corrected chi connectivity index (χ1v) is 16.2. The zero-order valence-electron chi connectivity index (χ0n) is 21.7. The van der Waals surface area contributed by atoms with Crippen LogP contribution in [0.15, 0.2) is 39.4 Å². The Bertz CT molecular complexity index is 1400. The average Bonchev–Trinajstić information content (AvgIpc) is 3.21. The summed E-state index contributed by atoms with van der Waals surface area (Å²) in [4.78, 5) is 20.3. The molecule has 0 saturated heterocycles. The van der Waals surface area contributed by atoms with Crippen molar-refractivity contribution >= 4 is 72.9 Å². The number of hydrogen-bond donors (Lipinski definition) is 2. The number of nitrogens with zero attached hydrogens (tertiary/aromatic N) is 2. The molecule has 0 radical (unpaired) electrons. The van der Waals surface area contributed by atoms with Gasteiger partial charge in [0, 0.05) is 43.3 Å². The van der Waals surface area contributed by atoms with Crippen molar-refractivity contribution in [3.63, 3.8) is 0 Å². The second kappa shape index (κ2) is 11.4. The number of hydrogen-bond acceptors (Lipinski definition) is 8. The first-order valence-electron chi connectivity index (χ1n) is 12.3. The lowest BCUT2D eigenvalue weighted by Crippen LogP contribution is -2.40. The standard InChI is InChI=1S/C26H33ClN4O3S3/c1-15(2)37(33,34)24-22(27)23(36-26(24)35-5)25(32)29-17-12-10-16(11-13-17)28-21-14-20(31(3)4)18-8-6-7-9-19(18)30-21/h6-9,14-17H,10-13H2,1-5H3,(H,28,30)(H,29,32)/t16-,17+. The van der Waals surface area contributed by atoms with E-state index >= 15 is 0 Å². The Hall–Kier alpha value is -2.01. The number of nitrogens with one attached hydrogen (secondary N) is 2. The monoisotopic (exact) mass is 580 g/mol. The van der Waals surface area contributed by atoms with Crippen LogP contribution in [0.3, 0.4) is 0 Å². The third-order valence-corrected chi connectivity index (χ3v) is 12.1. The zero-order chi connectivity index (χ0) is 26.9. The summed E-state index contributed by atoms with van der Waals surface area (Å²) in [6.45, 7) is 3.24. The zero-order valence-corrected chi connectivity index (χ0v) is 24.9. The Morgan fingerprint density at radius 2 is 1.81 bits per heavy atom. The molecule has 1 aliphatic rings. The minimum atomic E-state index is -3.60. The predicted octanol–water partition coefficient (Wildman–Crippen LogP) is 6.07. The van der Waals surface area contributed by atoms with Gasteiger partial charge in [-0.15, -0.1) is 23.1 Å². The molecule has 2 aromatic heterocycles. The highest BCUT2D eigenvalue weighted by molar-refractivity contribution is 8.01. The van der Waals surface area contributed by atoms with Crippen LogP contribution in [-0.2, 0) is 9.84 Å². The first kappa shape index (κ1) is 28.0. The topological polar surface area (TPSA) is 91.4 Å². The van der Waals surface area contributed by atoms with Gasteiger partial charge in [-0.05, 0) is 51.9 Å². The number of thioether (sulfide) groups is 1. The first-order chi connectivity index (χ1) is 17.5. The molecule has 3 aromatic rings. The Kier molecular flexibility index (Phi) is 8.62. The highest BCUT2D eigenvalue weighted by Crippen LogP contribution is 2.43. The molecule has 0 bridgehead atoms. The Balaban J connectivity index is 1.42. The second-order valence-corrected chi connectivity index (χ2v) is 14.7. The fourth-order valence-electron chi connectivity index (χ4n) is 4.58. The van der Waals surface area contributed by atoms with E-state index in [0.29, 0.717) is 4.21 Å². The number of benzene rings is 1. The van der Waals surface area contributed by atoms with Crippen molar-refractivity contribution in [3.05, 3.63) is 40.2 Å². The SMILES string of the molecule is CSc1sc(C(=O)N[C@H]2CC[C@@H](Nc3cc(N(C)C)c4ccccc4n3)CC2)c(Cl)c1S(=O)(=O)C(C)C. The number of halogens is 1. The molecule has 4 rings (SSSR count). The summed E-state index contributed by atoms with van der Waals surface area (Å²) in [6.07, 6.45) is 5.19. The number of fused-ring (bicyclic) bond motifs is 1. The summed E-state index contributed by atoms with van der Waals surface area (Å²) in [5.41, 5.74) is 2.07. The van der Waals surface area contributed by atoms with Gasteiger partial charge in [-0.3, -0.25) is 4.79 Å². The number of carbonyl (C=O) groups is 1. The minimum absolute atomic E-state index is 0.00787. The van der Waals surface area contributed by atoms with Crippen molar-refractivity contribution in [1.82, 2.24) is 10.3 Å². The predicted molar refractivity (Wildman–Crippen MR) is 157 cm³/mol. The molecular formula is C26H33ClN4O3S3. The third kappa shape index (κ3) is 5.87. The molecule has 1 aromatic carbocycles. The summed E-state index contributed by atoms with van der Waals surface area (Å²) >= 11 is 8.93. The van der Waals surface area contributed by atoms with Gasteiger partial charge in [0.05, 0.1) is 20.0 Å². The maximum absolute atomic E-state index is 13.1. The van der Waals surface area contributed by atoms with Crippen molar-refractivity contribution in [3.8, 4) is 0 Å². The number of amides is 1. The smallest absolute Gasteiger partial charge is 0.263 e. The number of aromatic nitrogens is 1. The Morgan fingerprint density at radius 1 is 1.16 bits per heavy atom. The normalized spacial score (nSPS) is 18.2. The van der Waals surface area contributed by atoms with Crippen LogP contribution in [0, 0.1) is 0 Å². The Morgan fingerprint density at radius 3 is 2.43 bits per heavy atom. The molecule has 2 heterocycles. The van der Waals surface area contributed by atoms with Gasteiger partial charge >= 0.3 is 0 Å². The van der Waals surface area contributed by atoms with E-state index in [9.17, 15) is 13.2 Å². The lowest BCUT2D eigenvalue weighted by molar-refractivity contribution is 0.0930. The van der Waals surface area contributed by atoms with Crippen LogP contribution in [0.25, 0.3) is 10.9 Å². The molecular weight excluding hydrogens is 548 g/mol. The van der Waals surface area contributed by atoms with Crippen LogP contribution in [0.5, 0.6) is 0 Å². The number of sulfone groups is 1. The number of anilines is 2. The summed E-state index contributed by atoms with van der Waals surface area (Å²) in [6, 6.07) is 10.5. The van der Waals surface area contributed by atoms with Gasteiger partial charge in [-0.2, -0.15) is 0 Å². The molecule has 7 nitrogen and oxygen atoms in total. The molecule has 0 aliphatic heterocycles. The quantitative estimate of drug-likeness (QED) is 0.312. The fraction of sp³-hybridized carbons (Fsp3) is 0.462. The maximum Gasteiger partial charge on any atom is 0.263 e. The molecule has 1 saturated carbocycles. The number of thiophene rings is 1. The van der Waals surface area contributed by atoms with Gasteiger partial charge in [0.25, 0.3) is 5.91 Å². The van der Waals surface area contributed by atoms with Crippen LogP contribution in [0.1, 0.15) is 49.2 Å². The molecule has 37 heavy (non-hydrogen) atoms. The van der Waals surface area contributed by atoms with Crippen molar-refractivity contribution < 1.29 is 13.2 Å². The van der Waals surface area contributed by atoms with Gasteiger partial charge in [-0.25, -0.2) is 13.4 Å². The van der Waals surface area contributed by atoms with E-state index in [2.05, 4.69) is 27.7 Å². The molecule has 1 amide bonds.